The second-order valence-electron chi connectivity index (χ2n) is 8.67. The molecule has 2 aromatic carbocycles. The van der Waals surface area contributed by atoms with Crippen LogP contribution in [0.1, 0.15) is 29.3 Å². The lowest BCUT2D eigenvalue weighted by molar-refractivity contribution is -0.132. The molecule has 1 amide bonds. The molecule has 8 nitrogen and oxygen atoms in total. The normalized spacial score (nSPS) is 12.7. The van der Waals surface area contributed by atoms with E-state index in [1.165, 1.54) is 4.31 Å². The van der Waals surface area contributed by atoms with Gasteiger partial charge in [-0.05, 0) is 67.1 Å². The number of amides is 1. The highest BCUT2D eigenvalue weighted by Crippen LogP contribution is 2.33. The summed E-state index contributed by atoms with van der Waals surface area (Å²) in [7, 11) is -3.87. The third-order valence-corrected chi connectivity index (χ3v) is 8.93. The Hall–Kier alpha value is -2.92. The zero-order valence-corrected chi connectivity index (χ0v) is 22.7. The van der Waals surface area contributed by atoms with Crippen LogP contribution in [0, 0.1) is 6.92 Å². The van der Waals surface area contributed by atoms with Crippen molar-refractivity contribution in [3.05, 3.63) is 76.0 Å². The molecule has 0 bridgehead atoms. The second kappa shape index (κ2) is 12.6. The van der Waals surface area contributed by atoms with Crippen molar-refractivity contribution >= 4 is 27.3 Å². The van der Waals surface area contributed by atoms with Gasteiger partial charge >= 0.3 is 0 Å². The highest BCUT2D eigenvalue weighted by atomic mass is 32.2. The van der Waals surface area contributed by atoms with Crippen LogP contribution >= 0.6 is 11.3 Å². The minimum atomic E-state index is -3.87. The quantitative estimate of drug-likeness (QED) is 0.296. The van der Waals surface area contributed by atoms with Crippen molar-refractivity contribution in [1.82, 2.24) is 9.21 Å². The summed E-state index contributed by atoms with van der Waals surface area (Å²) in [6, 6.07) is 15.8. The maximum Gasteiger partial charge on any atom is 0.243 e. The smallest absolute Gasteiger partial charge is 0.243 e. The monoisotopic (exact) mass is 544 g/mol. The largest absolute Gasteiger partial charge is 0.454 e. The molecule has 0 fully saturated rings. The van der Waals surface area contributed by atoms with Crippen molar-refractivity contribution < 1.29 is 27.4 Å². The van der Waals surface area contributed by atoms with E-state index in [0.29, 0.717) is 44.2 Å². The molecule has 37 heavy (non-hydrogen) atoms. The average molecular weight is 545 g/mol. The van der Waals surface area contributed by atoms with E-state index in [9.17, 15) is 13.2 Å². The van der Waals surface area contributed by atoms with Crippen molar-refractivity contribution in [2.24, 2.45) is 0 Å². The molecule has 4 rings (SSSR count). The summed E-state index contributed by atoms with van der Waals surface area (Å²) in [5, 5.41) is 1.99. The Morgan fingerprint density at radius 3 is 2.57 bits per heavy atom. The van der Waals surface area contributed by atoms with Crippen molar-refractivity contribution in [1.29, 1.82) is 0 Å². The molecule has 0 atom stereocenters. The Morgan fingerprint density at radius 1 is 1.05 bits per heavy atom. The van der Waals surface area contributed by atoms with E-state index in [4.69, 9.17) is 14.2 Å². The summed E-state index contributed by atoms with van der Waals surface area (Å²) >= 11 is 1.58. The molecule has 2 heterocycles. The van der Waals surface area contributed by atoms with Gasteiger partial charge < -0.3 is 19.1 Å². The second-order valence-corrected chi connectivity index (χ2v) is 11.6. The number of thiophene rings is 1. The summed E-state index contributed by atoms with van der Waals surface area (Å²) in [5.41, 5.74) is 1.97. The predicted octanol–water partition coefficient (Wildman–Crippen LogP) is 4.43. The number of nitrogens with zero attached hydrogens (tertiary/aromatic N) is 2. The fourth-order valence-corrected chi connectivity index (χ4v) is 6.37. The lowest BCUT2D eigenvalue weighted by Gasteiger charge is -2.27. The number of fused-ring (bicyclic) bond motifs is 1. The van der Waals surface area contributed by atoms with Crippen molar-refractivity contribution in [2.75, 3.05) is 33.1 Å². The van der Waals surface area contributed by atoms with Crippen molar-refractivity contribution in [2.45, 2.75) is 38.3 Å². The standard InChI is InChI=1S/C27H32N2O6S2/c1-3-33-14-7-13-29(37(31,32)23-8-5-4-6-9-23)19-27(30)28(18-26-21(2)12-15-36-26)17-22-10-11-24-25(16-22)35-20-34-24/h4-6,8-12,15-16H,3,7,13-14,17-20H2,1-2H3. The van der Waals surface area contributed by atoms with Crippen LogP contribution in [0.2, 0.25) is 0 Å². The third-order valence-electron chi connectivity index (χ3n) is 6.06. The van der Waals surface area contributed by atoms with Crippen LogP contribution in [0.25, 0.3) is 0 Å². The number of ether oxygens (including phenoxy) is 3. The van der Waals surface area contributed by atoms with E-state index in [0.717, 1.165) is 16.0 Å². The van der Waals surface area contributed by atoms with Gasteiger partial charge in [0, 0.05) is 31.2 Å². The molecule has 0 saturated carbocycles. The molecule has 3 aromatic rings. The van der Waals surface area contributed by atoms with Gasteiger partial charge in [0.1, 0.15) is 0 Å². The Kier molecular flexibility index (Phi) is 9.20. The van der Waals surface area contributed by atoms with Crippen molar-refractivity contribution in [3.63, 3.8) is 0 Å². The number of carbonyl (C=O) groups is 1. The van der Waals surface area contributed by atoms with Gasteiger partial charge in [0.25, 0.3) is 0 Å². The van der Waals surface area contributed by atoms with Crippen LogP contribution in [-0.4, -0.2) is 56.6 Å². The molecule has 0 radical (unpaired) electrons. The first-order chi connectivity index (χ1) is 17.9. The molecule has 1 aliphatic rings. The SMILES string of the molecule is CCOCCCN(CC(=O)N(Cc1ccc2c(c1)OCO2)Cc1sccc1C)S(=O)(=O)c1ccccc1. The Labute approximate surface area is 222 Å². The summed E-state index contributed by atoms with van der Waals surface area (Å²) < 4.78 is 44.6. The van der Waals surface area contributed by atoms with Crippen molar-refractivity contribution in [3.8, 4) is 11.5 Å². The third kappa shape index (κ3) is 6.89. The van der Waals surface area contributed by atoms with Crippen LogP contribution in [0.5, 0.6) is 11.5 Å². The highest BCUT2D eigenvalue weighted by Gasteiger charge is 2.29. The fourth-order valence-electron chi connectivity index (χ4n) is 4.00. The summed E-state index contributed by atoms with van der Waals surface area (Å²) in [5.74, 6) is 1.04. The van der Waals surface area contributed by atoms with Crippen LogP contribution in [-0.2, 0) is 32.6 Å². The topological polar surface area (TPSA) is 85.4 Å². The van der Waals surface area contributed by atoms with E-state index >= 15 is 0 Å². The van der Waals surface area contributed by atoms with E-state index in [-0.39, 0.29) is 30.7 Å². The summed E-state index contributed by atoms with van der Waals surface area (Å²) in [4.78, 5) is 16.7. The minimum Gasteiger partial charge on any atom is -0.454 e. The van der Waals surface area contributed by atoms with Gasteiger partial charge in [-0.2, -0.15) is 4.31 Å². The van der Waals surface area contributed by atoms with Gasteiger partial charge in [-0.15, -0.1) is 11.3 Å². The van der Waals surface area contributed by atoms with Gasteiger partial charge in [-0.25, -0.2) is 8.42 Å². The lowest BCUT2D eigenvalue weighted by Crippen LogP contribution is -2.43. The maximum absolute atomic E-state index is 13.7. The number of hydrogen-bond acceptors (Lipinski definition) is 7. The molecular weight excluding hydrogens is 512 g/mol. The van der Waals surface area contributed by atoms with Gasteiger partial charge in [-0.3, -0.25) is 4.79 Å². The molecule has 10 heteroatoms. The van der Waals surface area contributed by atoms with E-state index in [1.807, 2.05) is 43.5 Å². The first-order valence-electron chi connectivity index (χ1n) is 12.2. The van der Waals surface area contributed by atoms with Crippen LogP contribution in [0.15, 0.2) is 64.9 Å². The summed E-state index contributed by atoms with van der Waals surface area (Å²) in [6.07, 6.45) is 0.485. The predicted molar refractivity (Wildman–Crippen MR) is 142 cm³/mol. The van der Waals surface area contributed by atoms with Crippen LogP contribution in [0.3, 0.4) is 0 Å². The minimum absolute atomic E-state index is 0.163. The molecule has 0 N–H and O–H groups in total. The Balaban J connectivity index is 1.58. The maximum atomic E-state index is 13.7. The number of aryl methyl sites for hydroxylation is 1. The number of carbonyl (C=O) groups excluding carboxylic acids is 1. The van der Waals surface area contributed by atoms with E-state index in [2.05, 4.69) is 0 Å². The Bertz CT molecular complexity index is 1290. The lowest BCUT2D eigenvalue weighted by atomic mass is 10.1. The molecule has 1 aliphatic heterocycles. The molecule has 0 spiro atoms. The highest BCUT2D eigenvalue weighted by molar-refractivity contribution is 7.89. The van der Waals surface area contributed by atoms with Gasteiger partial charge in [-0.1, -0.05) is 24.3 Å². The first-order valence-corrected chi connectivity index (χ1v) is 14.5. The summed E-state index contributed by atoms with van der Waals surface area (Å²) in [6.45, 7) is 5.65. The van der Waals surface area contributed by atoms with Crippen LogP contribution in [0.4, 0.5) is 0 Å². The molecule has 1 aromatic heterocycles. The fraction of sp³-hybridized carbons (Fsp3) is 0.370. The van der Waals surface area contributed by atoms with Gasteiger partial charge in [0.2, 0.25) is 22.7 Å². The molecular formula is C27H32N2O6S2. The molecule has 0 unspecified atom stereocenters. The van der Waals surface area contributed by atoms with Gasteiger partial charge in [0.05, 0.1) is 18.0 Å². The molecule has 0 saturated heterocycles. The van der Waals surface area contributed by atoms with Gasteiger partial charge in [0.15, 0.2) is 11.5 Å². The number of sulfonamides is 1. The number of hydrogen-bond donors (Lipinski definition) is 0. The molecule has 0 aliphatic carbocycles. The number of benzene rings is 2. The number of rotatable bonds is 13. The zero-order chi connectivity index (χ0) is 26.3. The zero-order valence-electron chi connectivity index (χ0n) is 21.1. The van der Waals surface area contributed by atoms with Crippen LogP contribution < -0.4 is 9.47 Å². The average Bonchev–Trinajstić information content (AvgIpc) is 3.54. The Morgan fingerprint density at radius 2 is 1.84 bits per heavy atom. The molecule has 198 valence electrons. The van der Waals surface area contributed by atoms with E-state index in [1.54, 1.807) is 46.6 Å². The first kappa shape index (κ1) is 27.1. The van der Waals surface area contributed by atoms with E-state index < -0.39 is 10.0 Å².